The molecule has 7 heteroatoms. The average Bonchev–Trinajstić information content (AvgIpc) is 2.73. The van der Waals surface area contributed by atoms with E-state index in [0.29, 0.717) is 35.9 Å². The smallest absolute Gasteiger partial charge is 0.253 e. The van der Waals surface area contributed by atoms with Crippen LogP contribution in [0.2, 0.25) is 5.02 Å². The van der Waals surface area contributed by atoms with Gasteiger partial charge in [-0.25, -0.2) is 8.78 Å². The number of nitrogens with one attached hydrogen (secondary N) is 2. The SMILES string of the molecule is O=C(NCC1CCC(F)(F)CC1)c1c(Cl)ccc2nc(C3CCNCC3)ccc12. The third-order valence-electron chi connectivity index (χ3n) is 6.21. The average molecular weight is 422 g/mol. The van der Waals surface area contributed by atoms with Gasteiger partial charge >= 0.3 is 0 Å². The molecule has 1 saturated carbocycles. The van der Waals surface area contributed by atoms with Crippen LogP contribution < -0.4 is 10.6 Å². The Morgan fingerprint density at radius 2 is 1.86 bits per heavy atom. The highest BCUT2D eigenvalue weighted by Crippen LogP contribution is 2.36. The molecule has 1 aromatic carbocycles. The summed E-state index contributed by atoms with van der Waals surface area (Å²) in [6.45, 7) is 2.37. The monoisotopic (exact) mass is 421 g/mol. The van der Waals surface area contributed by atoms with E-state index in [1.54, 1.807) is 6.07 Å². The summed E-state index contributed by atoms with van der Waals surface area (Å²) in [4.78, 5) is 17.7. The fraction of sp³-hybridized carbons (Fsp3) is 0.545. The molecule has 156 valence electrons. The van der Waals surface area contributed by atoms with Gasteiger partial charge in [0.05, 0.1) is 16.1 Å². The zero-order valence-electron chi connectivity index (χ0n) is 16.3. The molecule has 0 atom stereocenters. The largest absolute Gasteiger partial charge is 0.352 e. The third-order valence-corrected chi connectivity index (χ3v) is 6.53. The molecular weight excluding hydrogens is 396 g/mol. The van der Waals surface area contributed by atoms with Gasteiger partial charge in [-0.3, -0.25) is 9.78 Å². The number of fused-ring (bicyclic) bond motifs is 1. The number of pyridine rings is 1. The number of hydrogen-bond donors (Lipinski definition) is 2. The first-order valence-electron chi connectivity index (χ1n) is 10.4. The number of piperidine rings is 1. The zero-order valence-corrected chi connectivity index (χ0v) is 17.1. The Kier molecular flexibility index (Phi) is 6.02. The van der Waals surface area contributed by atoms with Gasteiger partial charge in [0.25, 0.3) is 5.91 Å². The second kappa shape index (κ2) is 8.52. The lowest BCUT2D eigenvalue weighted by Crippen LogP contribution is -2.34. The van der Waals surface area contributed by atoms with Gasteiger partial charge < -0.3 is 10.6 Å². The molecule has 29 heavy (non-hydrogen) atoms. The fourth-order valence-corrected chi connectivity index (χ4v) is 4.65. The number of nitrogens with zero attached hydrogens (tertiary/aromatic N) is 1. The minimum Gasteiger partial charge on any atom is -0.352 e. The van der Waals surface area contributed by atoms with E-state index in [2.05, 4.69) is 10.6 Å². The maximum absolute atomic E-state index is 13.3. The van der Waals surface area contributed by atoms with Crippen LogP contribution in [0.3, 0.4) is 0 Å². The predicted octanol–water partition coefficient (Wildman–Crippen LogP) is 4.91. The molecule has 2 heterocycles. The number of amides is 1. The zero-order chi connectivity index (χ0) is 20.4. The second-order valence-electron chi connectivity index (χ2n) is 8.26. The molecule has 0 radical (unpaired) electrons. The van der Waals surface area contributed by atoms with Crippen LogP contribution in [0.25, 0.3) is 10.9 Å². The summed E-state index contributed by atoms with van der Waals surface area (Å²) >= 11 is 6.35. The first-order chi connectivity index (χ1) is 13.9. The summed E-state index contributed by atoms with van der Waals surface area (Å²) in [5.74, 6) is -2.32. The van der Waals surface area contributed by atoms with Crippen molar-refractivity contribution in [2.75, 3.05) is 19.6 Å². The molecule has 2 aliphatic rings. The van der Waals surface area contributed by atoms with Crippen LogP contribution in [-0.4, -0.2) is 36.4 Å². The van der Waals surface area contributed by atoms with Crippen molar-refractivity contribution in [2.45, 2.75) is 50.4 Å². The van der Waals surface area contributed by atoms with E-state index in [9.17, 15) is 13.6 Å². The van der Waals surface area contributed by atoms with Gasteiger partial charge in [0.1, 0.15) is 0 Å². The van der Waals surface area contributed by atoms with Crippen LogP contribution in [0.5, 0.6) is 0 Å². The minimum atomic E-state index is -2.56. The van der Waals surface area contributed by atoms with Crippen LogP contribution in [0.4, 0.5) is 8.78 Å². The van der Waals surface area contributed by atoms with Crippen molar-refractivity contribution in [1.29, 1.82) is 0 Å². The molecule has 0 spiro atoms. The molecule has 1 amide bonds. The van der Waals surface area contributed by atoms with Crippen molar-refractivity contribution in [3.05, 3.63) is 40.5 Å². The van der Waals surface area contributed by atoms with Gasteiger partial charge in [0.15, 0.2) is 0 Å². The van der Waals surface area contributed by atoms with Crippen molar-refractivity contribution in [1.82, 2.24) is 15.6 Å². The molecule has 2 fully saturated rings. The van der Waals surface area contributed by atoms with Crippen molar-refractivity contribution in [2.24, 2.45) is 5.92 Å². The highest BCUT2D eigenvalue weighted by atomic mass is 35.5. The number of alkyl halides is 2. The molecule has 0 unspecified atom stereocenters. The van der Waals surface area contributed by atoms with E-state index in [-0.39, 0.29) is 24.7 Å². The first-order valence-corrected chi connectivity index (χ1v) is 10.8. The van der Waals surface area contributed by atoms with Crippen LogP contribution >= 0.6 is 11.6 Å². The number of carbonyl (C=O) groups is 1. The molecule has 1 saturated heterocycles. The molecule has 2 aromatic rings. The van der Waals surface area contributed by atoms with Crippen LogP contribution in [0, 0.1) is 5.92 Å². The minimum absolute atomic E-state index is 0.0805. The Bertz CT molecular complexity index is 889. The summed E-state index contributed by atoms with van der Waals surface area (Å²) in [5.41, 5.74) is 2.22. The first kappa shape index (κ1) is 20.5. The topological polar surface area (TPSA) is 54.0 Å². The van der Waals surface area contributed by atoms with E-state index in [1.807, 2.05) is 18.2 Å². The van der Waals surface area contributed by atoms with Crippen LogP contribution in [0.1, 0.15) is 60.5 Å². The molecule has 1 aliphatic carbocycles. The highest BCUT2D eigenvalue weighted by molar-refractivity contribution is 6.35. The molecule has 0 bridgehead atoms. The van der Waals surface area contributed by atoms with Crippen LogP contribution in [0.15, 0.2) is 24.3 Å². The van der Waals surface area contributed by atoms with Gasteiger partial charge in [-0.15, -0.1) is 0 Å². The Morgan fingerprint density at radius 1 is 1.14 bits per heavy atom. The summed E-state index contributed by atoms with van der Waals surface area (Å²) in [7, 11) is 0. The molecule has 1 aromatic heterocycles. The number of benzene rings is 1. The summed E-state index contributed by atoms with van der Waals surface area (Å²) in [6, 6.07) is 7.48. The van der Waals surface area contributed by atoms with Gasteiger partial charge in [0.2, 0.25) is 5.92 Å². The number of hydrogen-bond acceptors (Lipinski definition) is 3. The van der Waals surface area contributed by atoms with E-state index in [1.165, 1.54) is 0 Å². The molecular formula is C22H26ClF2N3O. The number of carbonyl (C=O) groups excluding carboxylic acids is 1. The summed E-state index contributed by atoms with van der Waals surface area (Å²) in [6.07, 6.45) is 2.76. The van der Waals surface area contributed by atoms with Crippen molar-refractivity contribution in [3.8, 4) is 0 Å². The highest BCUT2D eigenvalue weighted by Gasteiger charge is 2.35. The number of halogens is 3. The van der Waals surface area contributed by atoms with E-state index >= 15 is 0 Å². The van der Waals surface area contributed by atoms with Gasteiger partial charge in [-0.05, 0) is 62.9 Å². The maximum atomic E-state index is 13.3. The fourth-order valence-electron chi connectivity index (χ4n) is 4.40. The quantitative estimate of drug-likeness (QED) is 0.737. The Labute approximate surface area is 174 Å². The standard InChI is InChI=1S/C22H26ClF2N3O/c23-17-2-4-19-16(1-3-18(28-19)15-7-11-26-12-8-15)20(17)21(29)27-13-14-5-9-22(24,25)10-6-14/h1-4,14-15,26H,5-13H2,(H,27,29). The normalized spacial score (nSPS) is 20.7. The van der Waals surface area contributed by atoms with Crippen molar-refractivity contribution >= 4 is 28.4 Å². The Hall–Kier alpha value is -1.79. The number of rotatable bonds is 4. The van der Waals surface area contributed by atoms with Crippen LogP contribution in [-0.2, 0) is 0 Å². The van der Waals surface area contributed by atoms with Gasteiger partial charge in [-0.2, -0.15) is 0 Å². The third kappa shape index (κ3) is 4.69. The maximum Gasteiger partial charge on any atom is 0.253 e. The van der Waals surface area contributed by atoms with E-state index in [0.717, 1.165) is 42.5 Å². The lowest BCUT2D eigenvalue weighted by molar-refractivity contribution is -0.0452. The number of aromatic nitrogens is 1. The second-order valence-corrected chi connectivity index (χ2v) is 8.67. The van der Waals surface area contributed by atoms with E-state index in [4.69, 9.17) is 16.6 Å². The molecule has 4 nitrogen and oxygen atoms in total. The van der Waals surface area contributed by atoms with Crippen molar-refractivity contribution in [3.63, 3.8) is 0 Å². The molecule has 2 N–H and O–H groups in total. The Balaban J connectivity index is 1.50. The lowest BCUT2D eigenvalue weighted by atomic mass is 9.87. The molecule has 1 aliphatic heterocycles. The van der Waals surface area contributed by atoms with Gasteiger partial charge in [0, 0.05) is 36.4 Å². The van der Waals surface area contributed by atoms with Crippen molar-refractivity contribution < 1.29 is 13.6 Å². The predicted molar refractivity (Wildman–Crippen MR) is 111 cm³/mol. The van der Waals surface area contributed by atoms with E-state index < -0.39 is 5.92 Å². The van der Waals surface area contributed by atoms with Gasteiger partial charge in [-0.1, -0.05) is 17.7 Å². The lowest BCUT2D eigenvalue weighted by Gasteiger charge is -2.28. The molecule has 4 rings (SSSR count). The summed E-state index contributed by atoms with van der Waals surface area (Å²) < 4.78 is 26.6. The summed E-state index contributed by atoms with van der Waals surface area (Å²) in [5, 5.41) is 7.36. The Morgan fingerprint density at radius 3 is 2.59 bits per heavy atom.